The summed E-state index contributed by atoms with van der Waals surface area (Å²) in [6.45, 7) is 0. The van der Waals surface area contributed by atoms with Gasteiger partial charge in [0.25, 0.3) is 0 Å². The molecule has 1 aliphatic rings. The molecule has 0 bridgehead atoms. The first-order chi connectivity index (χ1) is 10.9. The van der Waals surface area contributed by atoms with Crippen molar-refractivity contribution in [2.24, 2.45) is 0 Å². The summed E-state index contributed by atoms with van der Waals surface area (Å²) in [5, 5.41) is 0. The standard InChI is InChI=1S/C19H18N2O/c1-22-16-8-9-17(14-5-3-2-4-6-14)18(11-16)19-10-7-15-12-20-13-21(15)19/h2-6,8-9,11-13,19H,7,10H2,1H3. The minimum Gasteiger partial charge on any atom is -0.497 e. The Morgan fingerprint density at radius 2 is 2.00 bits per heavy atom. The van der Waals surface area contributed by atoms with Crippen LogP contribution in [-0.2, 0) is 6.42 Å². The molecule has 2 aromatic carbocycles. The van der Waals surface area contributed by atoms with Gasteiger partial charge in [-0.25, -0.2) is 4.98 Å². The van der Waals surface area contributed by atoms with E-state index in [1.807, 2.05) is 18.6 Å². The monoisotopic (exact) mass is 290 g/mol. The van der Waals surface area contributed by atoms with E-state index in [1.54, 1.807) is 7.11 Å². The van der Waals surface area contributed by atoms with Crippen molar-refractivity contribution in [3.05, 3.63) is 72.3 Å². The van der Waals surface area contributed by atoms with Gasteiger partial charge in [0.1, 0.15) is 5.75 Å². The highest BCUT2D eigenvalue weighted by atomic mass is 16.5. The van der Waals surface area contributed by atoms with Crippen LogP contribution in [0.5, 0.6) is 5.75 Å². The van der Waals surface area contributed by atoms with E-state index in [0.29, 0.717) is 6.04 Å². The van der Waals surface area contributed by atoms with Crippen LogP contribution in [0.15, 0.2) is 61.1 Å². The molecule has 0 spiro atoms. The zero-order chi connectivity index (χ0) is 14.9. The van der Waals surface area contributed by atoms with Crippen LogP contribution in [0.4, 0.5) is 0 Å². The Kier molecular flexibility index (Phi) is 3.19. The second-order valence-electron chi connectivity index (χ2n) is 5.67. The molecule has 22 heavy (non-hydrogen) atoms. The number of imidazole rings is 1. The fourth-order valence-electron chi connectivity index (χ4n) is 3.36. The molecule has 3 heteroatoms. The third-order valence-electron chi connectivity index (χ3n) is 4.46. The van der Waals surface area contributed by atoms with Crippen LogP contribution in [0.1, 0.15) is 23.7 Å². The van der Waals surface area contributed by atoms with Crippen LogP contribution in [-0.4, -0.2) is 16.7 Å². The number of hydrogen-bond acceptors (Lipinski definition) is 2. The number of fused-ring (bicyclic) bond motifs is 1. The Bertz CT molecular complexity index is 792. The summed E-state index contributed by atoms with van der Waals surface area (Å²) in [4.78, 5) is 4.30. The Morgan fingerprint density at radius 3 is 2.82 bits per heavy atom. The zero-order valence-corrected chi connectivity index (χ0v) is 12.6. The molecule has 3 nitrogen and oxygen atoms in total. The van der Waals surface area contributed by atoms with Crippen molar-refractivity contribution >= 4 is 0 Å². The fraction of sp³-hybridized carbons (Fsp3) is 0.211. The summed E-state index contributed by atoms with van der Waals surface area (Å²) in [6, 6.07) is 17.3. The summed E-state index contributed by atoms with van der Waals surface area (Å²) in [5.74, 6) is 0.906. The Hall–Kier alpha value is -2.55. The molecule has 0 saturated carbocycles. The number of hydrogen-bond donors (Lipinski definition) is 0. The summed E-state index contributed by atoms with van der Waals surface area (Å²) < 4.78 is 7.74. The minimum atomic E-state index is 0.336. The average molecular weight is 290 g/mol. The lowest BCUT2D eigenvalue weighted by Crippen LogP contribution is -2.06. The van der Waals surface area contributed by atoms with Crippen LogP contribution >= 0.6 is 0 Å². The molecule has 1 atom stereocenters. The van der Waals surface area contributed by atoms with Crippen molar-refractivity contribution in [3.63, 3.8) is 0 Å². The van der Waals surface area contributed by atoms with Gasteiger partial charge in [0.2, 0.25) is 0 Å². The van der Waals surface area contributed by atoms with E-state index in [1.165, 1.54) is 22.4 Å². The number of nitrogens with zero attached hydrogens (tertiary/aromatic N) is 2. The van der Waals surface area contributed by atoms with Gasteiger partial charge in [-0.2, -0.15) is 0 Å². The predicted molar refractivity (Wildman–Crippen MR) is 87.1 cm³/mol. The van der Waals surface area contributed by atoms with Gasteiger partial charge in [-0.15, -0.1) is 0 Å². The Morgan fingerprint density at radius 1 is 1.14 bits per heavy atom. The second kappa shape index (κ2) is 5.34. The molecule has 0 aliphatic carbocycles. The molecule has 0 fully saturated rings. The van der Waals surface area contributed by atoms with Crippen LogP contribution < -0.4 is 4.74 Å². The Labute approximate surface area is 130 Å². The highest BCUT2D eigenvalue weighted by molar-refractivity contribution is 5.69. The number of rotatable bonds is 3. The first-order valence-corrected chi connectivity index (χ1v) is 7.61. The van der Waals surface area contributed by atoms with Gasteiger partial charge in [0.15, 0.2) is 0 Å². The second-order valence-corrected chi connectivity index (χ2v) is 5.67. The summed E-state index contributed by atoms with van der Waals surface area (Å²) in [7, 11) is 1.72. The van der Waals surface area contributed by atoms with Crippen LogP contribution in [0, 0.1) is 0 Å². The lowest BCUT2D eigenvalue weighted by molar-refractivity contribution is 0.413. The minimum absolute atomic E-state index is 0.336. The third kappa shape index (κ3) is 2.10. The zero-order valence-electron chi connectivity index (χ0n) is 12.6. The van der Waals surface area contributed by atoms with Gasteiger partial charge >= 0.3 is 0 Å². The molecule has 0 amide bonds. The fourth-order valence-corrected chi connectivity index (χ4v) is 3.36. The Balaban J connectivity index is 1.87. The highest BCUT2D eigenvalue weighted by Crippen LogP contribution is 2.38. The molecule has 3 aromatic rings. The van der Waals surface area contributed by atoms with E-state index in [9.17, 15) is 0 Å². The SMILES string of the molecule is COc1ccc(-c2ccccc2)c(C2CCc3cncn32)c1. The number of methoxy groups -OCH3 is 1. The number of aromatic nitrogens is 2. The van der Waals surface area contributed by atoms with Gasteiger partial charge in [-0.3, -0.25) is 0 Å². The molecule has 0 N–H and O–H groups in total. The van der Waals surface area contributed by atoms with E-state index in [-0.39, 0.29) is 0 Å². The molecule has 1 unspecified atom stereocenters. The lowest BCUT2D eigenvalue weighted by Gasteiger charge is -2.19. The van der Waals surface area contributed by atoms with Gasteiger partial charge in [-0.1, -0.05) is 36.4 Å². The largest absolute Gasteiger partial charge is 0.497 e. The highest BCUT2D eigenvalue weighted by Gasteiger charge is 2.26. The maximum absolute atomic E-state index is 5.45. The van der Waals surface area contributed by atoms with Crippen molar-refractivity contribution in [1.82, 2.24) is 9.55 Å². The van der Waals surface area contributed by atoms with E-state index in [0.717, 1.165) is 18.6 Å². The molecule has 110 valence electrons. The van der Waals surface area contributed by atoms with Crippen LogP contribution in [0.25, 0.3) is 11.1 Å². The van der Waals surface area contributed by atoms with Crippen molar-refractivity contribution in [2.45, 2.75) is 18.9 Å². The normalized spacial score (nSPS) is 16.5. The molecule has 0 saturated heterocycles. The molecule has 0 radical (unpaired) electrons. The molecule has 4 rings (SSSR count). The number of benzene rings is 2. The quantitative estimate of drug-likeness (QED) is 0.726. The van der Waals surface area contributed by atoms with E-state index in [2.05, 4.69) is 52.0 Å². The van der Waals surface area contributed by atoms with E-state index in [4.69, 9.17) is 4.74 Å². The summed E-state index contributed by atoms with van der Waals surface area (Å²) >= 11 is 0. The smallest absolute Gasteiger partial charge is 0.119 e. The van der Waals surface area contributed by atoms with Crippen LogP contribution in [0.3, 0.4) is 0 Å². The van der Waals surface area contributed by atoms with Gasteiger partial charge in [0, 0.05) is 11.9 Å². The summed E-state index contributed by atoms with van der Waals surface area (Å²) in [5.41, 5.74) is 5.13. The molecule has 2 heterocycles. The lowest BCUT2D eigenvalue weighted by atomic mass is 9.93. The van der Waals surface area contributed by atoms with Gasteiger partial charge < -0.3 is 9.30 Å². The number of ether oxygens (including phenoxy) is 1. The van der Waals surface area contributed by atoms with Crippen molar-refractivity contribution in [2.75, 3.05) is 7.11 Å². The molecule has 1 aromatic heterocycles. The van der Waals surface area contributed by atoms with Crippen LogP contribution in [0.2, 0.25) is 0 Å². The van der Waals surface area contributed by atoms with Crippen molar-refractivity contribution in [1.29, 1.82) is 0 Å². The maximum Gasteiger partial charge on any atom is 0.119 e. The predicted octanol–water partition coefficient (Wildman–Crippen LogP) is 4.09. The number of aryl methyl sites for hydroxylation is 1. The maximum atomic E-state index is 5.45. The van der Waals surface area contributed by atoms with E-state index >= 15 is 0 Å². The first-order valence-electron chi connectivity index (χ1n) is 7.61. The average Bonchev–Trinajstić information content (AvgIpc) is 3.18. The molecule has 1 aliphatic heterocycles. The molecular weight excluding hydrogens is 272 g/mol. The van der Waals surface area contributed by atoms with Gasteiger partial charge in [-0.05, 0) is 41.7 Å². The van der Waals surface area contributed by atoms with E-state index < -0.39 is 0 Å². The summed E-state index contributed by atoms with van der Waals surface area (Å²) in [6.07, 6.45) is 6.12. The third-order valence-corrected chi connectivity index (χ3v) is 4.46. The van der Waals surface area contributed by atoms with Gasteiger partial charge in [0.05, 0.1) is 19.5 Å². The van der Waals surface area contributed by atoms with Crippen molar-refractivity contribution < 1.29 is 4.74 Å². The first kappa shape index (κ1) is 13.1. The topological polar surface area (TPSA) is 27.1 Å². The molecular formula is C19H18N2O. The van der Waals surface area contributed by atoms with Crippen molar-refractivity contribution in [3.8, 4) is 16.9 Å².